The van der Waals surface area contributed by atoms with Crippen molar-refractivity contribution in [3.63, 3.8) is 0 Å². The highest BCUT2D eigenvalue weighted by Gasteiger charge is 2.25. The lowest BCUT2D eigenvalue weighted by Gasteiger charge is -2.29. The van der Waals surface area contributed by atoms with Crippen LogP contribution in [0.4, 0.5) is 23.1 Å². The summed E-state index contributed by atoms with van der Waals surface area (Å²) in [6, 6.07) is 8.41. The third-order valence-electron chi connectivity index (χ3n) is 6.35. The summed E-state index contributed by atoms with van der Waals surface area (Å²) >= 11 is 0. The van der Waals surface area contributed by atoms with Crippen molar-refractivity contribution in [2.45, 2.75) is 42.8 Å². The number of hydrogen-bond acceptors (Lipinski definition) is 10. The first kappa shape index (κ1) is 22.8. The molecule has 1 aliphatic heterocycles. The fraction of sp³-hybridized carbons (Fsp3) is 0.500. The highest BCUT2D eigenvalue weighted by molar-refractivity contribution is 7.90. The van der Waals surface area contributed by atoms with E-state index < -0.39 is 9.84 Å². The lowest BCUT2D eigenvalue weighted by molar-refractivity contribution is 0.122. The quantitative estimate of drug-likeness (QED) is 0.407. The number of benzene rings is 1. The first-order valence-electron chi connectivity index (χ1n) is 11.5. The molecule has 3 heterocycles. The van der Waals surface area contributed by atoms with Crippen LogP contribution in [0.25, 0.3) is 11.0 Å². The molecule has 12 heteroatoms. The summed E-state index contributed by atoms with van der Waals surface area (Å²) < 4.78 is 30.1. The molecule has 2 fully saturated rings. The zero-order chi connectivity index (χ0) is 23.7. The van der Waals surface area contributed by atoms with Gasteiger partial charge in [-0.25, -0.2) is 8.42 Å². The molecule has 2 aliphatic rings. The van der Waals surface area contributed by atoms with E-state index in [9.17, 15) is 8.42 Å². The number of rotatable bonds is 6. The van der Waals surface area contributed by atoms with Gasteiger partial charge in [-0.15, -0.1) is 0 Å². The molecule has 0 amide bonds. The molecular formula is C22H30N8O3S. The Hall–Kier alpha value is -2.96. The Labute approximate surface area is 198 Å². The Morgan fingerprint density at radius 1 is 1.09 bits per heavy atom. The zero-order valence-electron chi connectivity index (χ0n) is 19.1. The van der Waals surface area contributed by atoms with Crippen LogP contribution in [0, 0.1) is 0 Å². The van der Waals surface area contributed by atoms with E-state index in [4.69, 9.17) is 10.5 Å². The summed E-state index contributed by atoms with van der Waals surface area (Å²) in [6.07, 6.45) is 4.75. The van der Waals surface area contributed by atoms with Crippen LogP contribution >= 0.6 is 0 Å². The van der Waals surface area contributed by atoms with Crippen LogP contribution in [0.3, 0.4) is 0 Å². The summed E-state index contributed by atoms with van der Waals surface area (Å²) in [5.41, 5.74) is 8.37. The lowest BCUT2D eigenvalue weighted by atomic mass is 9.92. The lowest BCUT2D eigenvalue weighted by Crippen LogP contribution is -2.36. The number of nitrogens with one attached hydrogen (secondary N) is 3. The van der Waals surface area contributed by atoms with Crippen LogP contribution in [-0.2, 0) is 14.6 Å². The summed E-state index contributed by atoms with van der Waals surface area (Å²) in [6.45, 7) is 3.21. The predicted molar refractivity (Wildman–Crippen MR) is 131 cm³/mol. The van der Waals surface area contributed by atoms with Gasteiger partial charge in [0, 0.05) is 42.8 Å². The molecule has 5 N–H and O–H groups in total. The number of nitrogens with two attached hydrogens (primary N) is 1. The van der Waals surface area contributed by atoms with Gasteiger partial charge in [0.05, 0.1) is 13.2 Å². The van der Waals surface area contributed by atoms with Crippen molar-refractivity contribution in [1.29, 1.82) is 0 Å². The zero-order valence-corrected chi connectivity index (χ0v) is 19.9. The number of hydrogen-bond donors (Lipinski definition) is 4. The Morgan fingerprint density at radius 3 is 2.47 bits per heavy atom. The summed E-state index contributed by atoms with van der Waals surface area (Å²) in [5.74, 6) is 0.803. The Bertz CT molecular complexity index is 1250. The minimum Gasteiger partial charge on any atom is -0.378 e. The first-order valence-corrected chi connectivity index (χ1v) is 13.4. The van der Waals surface area contributed by atoms with Crippen molar-refractivity contribution >= 4 is 44.0 Å². The van der Waals surface area contributed by atoms with E-state index in [0.29, 0.717) is 22.8 Å². The average molecular weight is 487 g/mol. The van der Waals surface area contributed by atoms with Gasteiger partial charge in [-0.2, -0.15) is 15.1 Å². The molecule has 0 bridgehead atoms. The molecule has 1 aromatic carbocycles. The fourth-order valence-corrected chi connectivity index (χ4v) is 5.27. The maximum atomic E-state index is 12.3. The van der Waals surface area contributed by atoms with E-state index in [1.807, 2.05) is 12.1 Å². The molecule has 0 unspecified atom stereocenters. The summed E-state index contributed by atoms with van der Waals surface area (Å²) in [5, 5.41) is 13.8. The largest absolute Gasteiger partial charge is 0.378 e. The third-order valence-corrected chi connectivity index (χ3v) is 7.35. The monoisotopic (exact) mass is 486 g/mol. The molecule has 5 rings (SSSR count). The predicted octanol–water partition coefficient (Wildman–Crippen LogP) is 2.02. The van der Waals surface area contributed by atoms with Gasteiger partial charge in [-0.1, -0.05) is 0 Å². The van der Waals surface area contributed by atoms with Gasteiger partial charge in [-0.3, -0.25) is 5.10 Å². The first-order chi connectivity index (χ1) is 16.4. The molecule has 11 nitrogen and oxygen atoms in total. The number of H-pyrrole nitrogens is 1. The molecule has 1 aliphatic carbocycles. The second-order valence-electron chi connectivity index (χ2n) is 8.95. The summed E-state index contributed by atoms with van der Waals surface area (Å²) in [7, 11) is -3.56. The molecule has 1 saturated heterocycles. The number of fused-ring (bicyclic) bond motifs is 1. The maximum Gasteiger partial charge on any atom is 0.231 e. The van der Waals surface area contributed by atoms with Crippen LogP contribution in [-0.4, -0.2) is 73.2 Å². The number of ether oxygens (including phenoxy) is 1. The molecule has 1 saturated carbocycles. The van der Waals surface area contributed by atoms with E-state index in [-0.39, 0.29) is 17.1 Å². The third kappa shape index (κ3) is 4.93. The van der Waals surface area contributed by atoms with Crippen molar-refractivity contribution in [2.24, 2.45) is 5.73 Å². The van der Waals surface area contributed by atoms with Gasteiger partial charge in [-0.05, 0) is 49.9 Å². The van der Waals surface area contributed by atoms with Crippen LogP contribution in [0.1, 0.15) is 25.7 Å². The van der Waals surface area contributed by atoms with Gasteiger partial charge in [0.25, 0.3) is 0 Å². The Morgan fingerprint density at radius 2 is 1.79 bits per heavy atom. The van der Waals surface area contributed by atoms with E-state index >= 15 is 0 Å². The van der Waals surface area contributed by atoms with Crippen LogP contribution < -0.4 is 21.3 Å². The molecular weight excluding hydrogens is 456 g/mol. The van der Waals surface area contributed by atoms with Crippen molar-refractivity contribution in [3.8, 4) is 0 Å². The van der Waals surface area contributed by atoms with Gasteiger partial charge >= 0.3 is 0 Å². The van der Waals surface area contributed by atoms with Crippen LogP contribution in [0.2, 0.25) is 0 Å². The van der Waals surface area contributed by atoms with E-state index in [1.54, 1.807) is 0 Å². The molecule has 0 radical (unpaired) electrons. The van der Waals surface area contributed by atoms with E-state index in [1.165, 1.54) is 0 Å². The number of sulfone groups is 1. The molecule has 2 aromatic heterocycles. The smallest absolute Gasteiger partial charge is 0.231 e. The van der Waals surface area contributed by atoms with E-state index in [0.717, 1.165) is 69.6 Å². The number of aromatic nitrogens is 4. The van der Waals surface area contributed by atoms with E-state index in [2.05, 4.69) is 47.8 Å². The molecule has 0 spiro atoms. The SMILES string of the molecule is CS(=O)(=O)c1n[nH]c2nc(Nc3ccc(N4CCOCC4)cc3)nc(N[C@H]3CC[C@@H](N)CC3)c12. The van der Waals surface area contributed by atoms with Crippen molar-refractivity contribution < 1.29 is 13.2 Å². The highest BCUT2D eigenvalue weighted by Crippen LogP contribution is 2.31. The number of nitrogens with zero attached hydrogens (tertiary/aromatic N) is 4. The normalized spacial score (nSPS) is 21.5. The van der Waals surface area contributed by atoms with Crippen LogP contribution in [0.15, 0.2) is 29.3 Å². The van der Waals surface area contributed by atoms with Crippen molar-refractivity contribution in [3.05, 3.63) is 24.3 Å². The highest BCUT2D eigenvalue weighted by atomic mass is 32.2. The molecule has 34 heavy (non-hydrogen) atoms. The standard InChI is InChI=1S/C22H30N8O3S/c1-34(31,32)21-18-19(24-15-4-2-14(23)3-5-15)26-22(27-20(18)28-29-21)25-16-6-8-17(9-7-16)30-10-12-33-13-11-30/h6-9,14-15H,2-5,10-13,23H2,1H3,(H3,24,25,26,27,28,29)/t14-,15+. The topological polar surface area (TPSA) is 151 Å². The molecule has 0 atom stereocenters. The second-order valence-corrected chi connectivity index (χ2v) is 10.9. The minimum absolute atomic E-state index is 0.0566. The molecule has 3 aromatic rings. The average Bonchev–Trinajstić information content (AvgIpc) is 3.27. The number of morpholine rings is 1. The van der Waals surface area contributed by atoms with Gasteiger partial charge < -0.3 is 26.0 Å². The van der Waals surface area contributed by atoms with Crippen molar-refractivity contribution in [2.75, 3.05) is 48.1 Å². The fourth-order valence-electron chi connectivity index (χ4n) is 4.50. The maximum absolute atomic E-state index is 12.3. The number of anilines is 4. The number of aromatic amines is 1. The summed E-state index contributed by atoms with van der Waals surface area (Å²) in [4.78, 5) is 11.4. The van der Waals surface area contributed by atoms with Gasteiger partial charge in [0.15, 0.2) is 20.5 Å². The molecule has 182 valence electrons. The van der Waals surface area contributed by atoms with Gasteiger partial charge in [0.1, 0.15) is 11.2 Å². The van der Waals surface area contributed by atoms with Crippen LogP contribution in [0.5, 0.6) is 0 Å². The Balaban J connectivity index is 1.43. The second kappa shape index (κ2) is 9.35. The van der Waals surface area contributed by atoms with Crippen molar-refractivity contribution in [1.82, 2.24) is 20.2 Å². The minimum atomic E-state index is -3.56. The Kier molecular flexibility index (Phi) is 6.28. The van der Waals surface area contributed by atoms with Gasteiger partial charge in [0.2, 0.25) is 5.95 Å².